The van der Waals surface area contributed by atoms with Gasteiger partial charge in [0.2, 0.25) is 0 Å². The van der Waals surface area contributed by atoms with Crippen molar-refractivity contribution in [2.75, 3.05) is 23.4 Å². The van der Waals surface area contributed by atoms with Crippen molar-refractivity contribution in [2.45, 2.75) is 13.3 Å². The molecule has 0 unspecified atom stereocenters. The molecule has 0 atom stereocenters. The summed E-state index contributed by atoms with van der Waals surface area (Å²) in [6.45, 7) is 2.28. The minimum absolute atomic E-state index is 0.206. The first-order valence-corrected chi connectivity index (χ1v) is 8.62. The SMILES string of the molecule is CCS(=O)(=O)CCCNc1ccc(I)cc1Cl. The number of anilines is 1. The Morgan fingerprint density at radius 2 is 2.12 bits per heavy atom. The van der Waals surface area contributed by atoms with Gasteiger partial charge in [0.1, 0.15) is 9.84 Å². The van der Waals surface area contributed by atoms with Crippen LogP contribution in [0.15, 0.2) is 18.2 Å². The van der Waals surface area contributed by atoms with E-state index in [0.29, 0.717) is 18.0 Å². The number of halogens is 2. The summed E-state index contributed by atoms with van der Waals surface area (Å²) in [5.41, 5.74) is 0.848. The van der Waals surface area contributed by atoms with Gasteiger partial charge in [0, 0.05) is 15.9 Å². The van der Waals surface area contributed by atoms with Crippen LogP contribution >= 0.6 is 34.2 Å². The van der Waals surface area contributed by atoms with Gasteiger partial charge in [-0.3, -0.25) is 0 Å². The summed E-state index contributed by atoms with van der Waals surface area (Å²) < 4.78 is 23.6. The Balaban J connectivity index is 2.41. The maximum absolute atomic E-state index is 11.3. The zero-order valence-corrected chi connectivity index (χ0v) is 13.3. The predicted molar refractivity (Wildman–Crippen MR) is 81.6 cm³/mol. The summed E-state index contributed by atoms with van der Waals surface area (Å²) in [6, 6.07) is 5.73. The number of hydrogen-bond acceptors (Lipinski definition) is 3. The molecule has 0 aliphatic carbocycles. The molecule has 3 nitrogen and oxygen atoms in total. The first-order chi connectivity index (χ1) is 7.94. The van der Waals surface area contributed by atoms with Gasteiger partial charge >= 0.3 is 0 Å². The summed E-state index contributed by atoms with van der Waals surface area (Å²) in [7, 11) is -2.86. The second-order valence-corrected chi connectivity index (χ2v) is 7.77. The molecule has 0 spiro atoms. The molecule has 1 N–H and O–H groups in total. The molecule has 1 aromatic rings. The Morgan fingerprint density at radius 1 is 1.41 bits per heavy atom. The highest BCUT2D eigenvalue weighted by molar-refractivity contribution is 14.1. The van der Waals surface area contributed by atoms with Crippen LogP contribution in [0.5, 0.6) is 0 Å². The average molecular weight is 388 g/mol. The molecule has 0 aliphatic heterocycles. The zero-order valence-electron chi connectivity index (χ0n) is 9.54. The van der Waals surface area contributed by atoms with Gasteiger partial charge in [0.25, 0.3) is 0 Å². The van der Waals surface area contributed by atoms with Crippen LogP contribution in [0.4, 0.5) is 5.69 Å². The van der Waals surface area contributed by atoms with Crippen molar-refractivity contribution in [2.24, 2.45) is 0 Å². The van der Waals surface area contributed by atoms with Crippen LogP contribution in [0.2, 0.25) is 5.02 Å². The fraction of sp³-hybridized carbons (Fsp3) is 0.455. The highest BCUT2D eigenvalue weighted by Gasteiger charge is 2.06. The molecule has 96 valence electrons. The van der Waals surface area contributed by atoms with Gasteiger partial charge in [-0.05, 0) is 47.2 Å². The molecule has 1 aromatic carbocycles. The van der Waals surface area contributed by atoms with E-state index in [1.807, 2.05) is 18.2 Å². The molecule has 0 radical (unpaired) electrons. The summed E-state index contributed by atoms with van der Waals surface area (Å²) in [5.74, 6) is 0.426. The fourth-order valence-electron chi connectivity index (χ4n) is 1.29. The molecular weight excluding hydrogens is 373 g/mol. The summed E-state index contributed by atoms with van der Waals surface area (Å²) in [5, 5.41) is 3.80. The number of benzene rings is 1. The average Bonchev–Trinajstić information content (AvgIpc) is 2.27. The number of sulfone groups is 1. The number of hydrogen-bond donors (Lipinski definition) is 1. The van der Waals surface area contributed by atoms with Gasteiger partial charge in [-0.2, -0.15) is 0 Å². The van der Waals surface area contributed by atoms with E-state index in [9.17, 15) is 8.42 Å². The topological polar surface area (TPSA) is 46.2 Å². The third-order valence-corrected chi connectivity index (χ3v) is 5.09. The maximum atomic E-state index is 11.3. The highest BCUT2D eigenvalue weighted by Crippen LogP contribution is 2.23. The Bertz CT molecular complexity index is 476. The lowest BCUT2D eigenvalue weighted by Gasteiger charge is -2.08. The van der Waals surface area contributed by atoms with Crippen LogP contribution in [0.25, 0.3) is 0 Å². The molecular formula is C11H15ClINO2S. The smallest absolute Gasteiger partial charge is 0.150 e. The number of nitrogens with one attached hydrogen (secondary N) is 1. The second kappa shape index (κ2) is 6.80. The standard InChI is InChI=1S/C11H15ClINO2S/c1-2-17(15,16)7-3-6-14-11-5-4-9(13)8-10(11)12/h4-5,8,14H,2-3,6-7H2,1H3. The number of rotatable bonds is 6. The van der Waals surface area contributed by atoms with Crippen LogP contribution in [0.1, 0.15) is 13.3 Å². The lowest BCUT2D eigenvalue weighted by atomic mass is 10.3. The van der Waals surface area contributed by atoms with E-state index >= 15 is 0 Å². The fourth-order valence-corrected chi connectivity index (χ4v) is 3.09. The van der Waals surface area contributed by atoms with Gasteiger partial charge < -0.3 is 5.32 Å². The normalized spacial score (nSPS) is 11.5. The Kier molecular flexibility index (Phi) is 6.02. The van der Waals surface area contributed by atoms with Crippen molar-refractivity contribution in [1.29, 1.82) is 0 Å². The summed E-state index contributed by atoms with van der Waals surface area (Å²) in [4.78, 5) is 0. The van der Waals surface area contributed by atoms with Crippen molar-refractivity contribution < 1.29 is 8.42 Å². The van der Waals surface area contributed by atoms with Crippen molar-refractivity contribution in [3.8, 4) is 0 Å². The largest absolute Gasteiger partial charge is 0.384 e. The van der Waals surface area contributed by atoms with Crippen molar-refractivity contribution in [3.05, 3.63) is 26.8 Å². The first-order valence-electron chi connectivity index (χ1n) is 5.34. The Morgan fingerprint density at radius 3 is 2.71 bits per heavy atom. The summed E-state index contributed by atoms with van der Waals surface area (Å²) >= 11 is 8.23. The summed E-state index contributed by atoms with van der Waals surface area (Å²) in [6.07, 6.45) is 0.596. The Hall–Kier alpha value is -0.0100. The van der Waals surface area contributed by atoms with E-state index in [1.54, 1.807) is 6.92 Å². The minimum Gasteiger partial charge on any atom is -0.384 e. The van der Waals surface area contributed by atoms with E-state index < -0.39 is 9.84 Å². The lowest BCUT2D eigenvalue weighted by molar-refractivity contribution is 0.595. The van der Waals surface area contributed by atoms with Crippen LogP contribution in [0.3, 0.4) is 0 Å². The molecule has 0 heterocycles. The molecule has 1 rings (SSSR count). The van der Waals surface area contributed by atoms with Crippen molar-refractivity contribution in [1.82, 2.24) is 0 Å². The maximum Gasteiger partial charge on any atom is 0.150 e. The first kappa shape index (κ1) is 15.0. The van der Waals surface area contributed by atoms with Gasteiger partial charge in [-0.15, -0.1) is 0 Å². The van der Waals surface area contributed by atoms with Gasteiger partial charge in [-0.1, -0.05) is 18.5 Å². The molecule has 0 aromatic heterocycles. The monoisotopic (exact) mass is 387 g/mol. The lowest BCUT2D eigenvalue weighted by Crippen LogP contribution is -2.13. The second-order valence-electron chi connectivity index (χ2n) is 3.64. The van der Waals surface area contributed by atoms with E-state index in [2.05, 4.69) is 27.9 Å². The van der Waals surface area contributed by atoms with E-state index in [0.717, 1.165) is 9.26 Å². The molecule has 0 saturated carbocycles. The Labute approximate surface area is 121 Å². The highest BCUT2D eigenvalue weighted by atomic mass is 127. The van der Waals surface area contributed by atoms with Crippen molar-refractivity contribution in [3.63, 3.8) is 0 Å². The van der Waals surface area contributed by atoms with Crippen LogP contribution in [0, 0.1) is 3.57 Å². The van der Waals surface area contributed by atoms with Gasteiger partial charge in [-0.25, -0.2) is 8.42 Å². The predicted octanol–water partition coefficient (Wildman–Crippen LogP) is 3.18. The molecule has 0 bridgehead atoms. The van der Waals surface area contributed by atoms with Gasteiger partial charge in [0.05, 0.1) is 16.5 Å². The van der Waals surface area contributed by atoms with E-state index in [-0.39, 0.29) is 11.5 Å². The van der Waals surface area contributed by atoms with Gasteiger partial charge in [0.15, 0.2) is 0 Å². The van der Waals surface area contributed by atoms with Crippen LogP contribution in [-0.2, 0) is 9.84 Å². The third-order valence-electron chi connectivity index (χ3n) is 2.32. The quantitative estimate of drug-likeness (QED) is 0.602. The third kappa shape index (κ3) is 5.44. The molecule has 0 fully saturated rings. The molecule has 0 aliphatic rings. The van der Waals surface area contributed by atoms with E-state index in [4.69, 9.17) is 11.6 Å². The zero-order chi connectivity index (χ0) is 12.9. The van der Waals surface area contributed by atoms with Crippen LogP contribution < -0.4 is 5.32 Å². The molecule has 17 heavy (non-hydrogen) atoms. The molecule has 0 amide bonds. The van der Waals surface area contributed by atoms with Crippen LogP contribution in [-0.4, -0.2) is 26.5 Å². The minimum atomic E-state index is -2.86. The van der Waals surface area contributed by atoms with E-state index in [1.165, 1.54) is 0 Å². The van der Waals surface area contributed by atoms with Crippen molar-refractivity contribution >= 4 is 49.7 Å². The molecule has 0 saturated heterocycles. The molecule has 6 heteroatoms.